The van der Waals surface area contributed by atoms with E-state index in [9.17, 15) is 8.78 Å². The number of halogens is 2. The molecule has 0 aliphatic rings. The second-order valence-electron chi connectivity index (χ2n) is 10.8. The van der Waals surface area contributed by atoms with Gasteiger partial charge in [0.15, 0.2) is 46.1 Å². The quantitative estimate of drug-likeness (QED) is 0.129. The maximum atomic E-state index is 14.0. The SMILES string of the molecule is Fc1ccccc1Oc1ccc(Oc2ccccc2Oc2ccc(Oc3ccccc3Oc3ccc(Oc4ccccc4F)cc3)cc2)cc1. The molecule has 0 amide bonds. The minimum atomic E-state index is -0.439. The third-order valence-electron chi connectivity index (χ3n) is 7.21. The number of ether oxygens (including phenoxy) is 6. The van der Waals surface area contributed by atoms with Gasteiger partial charge in [-0.2, -0.15) is 0 Å². The van der Waals surface area contributed by atoms with E-state index in [0.717, 1.165) is 0 Å². The molecule has 0 aliphatic heterocycles. The van der Waals surface area contributed by atoms with Crippen LogP contribution >= 0.6 is 0 Å². The lowest BCUT2D eigenvalue weighted by Gasteiger charge is -2.14. The first kappa shape index (κ1) is 31.8. The predicted octanol–water partition coefficient (Wildman–Crippen LogP) is 12.7. The van der Waals surface area contributed by atoms with Gasteiger partial charge >= 0.3 is 0 Å². The summed E-state index contributed by atoms with van der Waals surface area (Å²) in [6.45, 7) is 0. The molecule has 0 bridgehead atoms. The van der Waals surface area contributed by atoms with Crippen LogP contribution in [0.4, 0.5) is 8.78 Å². The summed E-state index contributed by atoms with van der Waals surface area (Å²) in [6, 6.07) is 48.0. The summed E-state index contributed by atoms with van der Waals surface area (Å²) in [7, 11) is 0. The van der Waals surface area contributed by atoms with E-state index < -0.39 is 11.6 Å². The highest BCUT2D eigenvalue weighted by atomic mass is 19.1. The van der Waals surface area contributed by atoms with Gasteiger partial charge in [0.05, 0.1) is 0 Å². The molecule has 0 saturated heterocycles. The standard InChI is InChI=1S/C42H28F2O6/c43-35-9-1-3-11-37(35)45-29-17-21-31(22-18-29)47-39-13-5-7-15-41(39)49-33-25-27-34(28-26-33)50-42-16-8-6-14-40(42)48-32-23-19-30(20-24-32)46-38-12-4-2-10-36(38)44/h1-28H. The highest BCUT2D eigenvalue weighted by molar-refractivity contribution is 5.49. The third-order valence-corrected chi connectivity index (χ3v) is 7.21. The van der Waals surface area contributed by atoms with Crippen LogP contribution in [0.1, 0.15) is 0 Å². The van der Waals surface area contributed by atoms with E-state index in [-0.39, 0.29) is 11.5 Å². The smallest absolute Gasteiger partial charge is 0.169 e. The Hall–Kier alpha value is -6.80. The number of rotatable bonds is 12. The topological polar surface area (TPSA) is 55.4 Å². The van der Waals surface area contributed by atoms with Crippen LogP contribution in [0.2, 0.25) is 0 Å². The van der Waals surface area contributed by atoms with Crippen LogP contribution in [0.25, 0.3) is 0 Å². The van der Waals surface area contributed by atoms with Crippen LogP contribution in [0.5, 0.6) is 69.0 Å². The number of hydrogen-bond donors (Lipinski definition) is 0. The normalized spacial score (nSPS) is 10.6. The van der Waals surface area contributed by atoms with E-state index in [1.807, 2.05) is 36.4 Å². The van der Waals surface area contributed by atoms with Crippen molar-refractivity contribution in [2.24, 2.45) is 0 Å². The summed E-state index contributed by atoms with van der Waals surface area (Å²) in [6.07, 6.45) is 0. The van der Waals surface area contributed by atoms with Gasteiger partial charge in [-0.1, -0.05) is 48.5 Å². The molecule has 50 heavy (non-hydrogen) atoms. The molecule has 7 aromatic rings. The Bertz CT molecular complexity index is 2030. The zero-order valence-electron chi connectivity index (χ0n) is 26.4. The van der Waals surface area contributed by atoms with Crippen LogP contribution in [-0.2, 0) is 0 Å². The molecule has 6 nitrogen and oxygen atoms in total. The van der Waals surface area contributed by atoms with Crippen LogP contribution < -0.4 is 28.4 Å². The molecule has 0 unspecified atom stereocenters. The molecule has 0 heterocycles. The lowest BCUT2D eigenvalue weighted by molar-refractivity contribution is 0.411. The van der Waals surface area contributed by atoms with Crippen molar-refractivity contribution < 1.29 is 37.2 Å². The van der Waals surface area contributed by atoms with E-state index in [1.165, 1.54) is 12.1 Å². The number of hydrogen-bond acceptors (Lipinski definition) is 6. The average molecular weight is 667 g/mol. The van der Waals surface area contributed by atoms with Gasteiger partial charge in [0.25, 0.3) is 0 Å². The summed E-state index contributed by atoms with van der Waals surface area (Å²) in [5.74, 6) is 4.66. The largest absolute Gasteiger partial charge is 0.454 e. The molecule has 0 spiro atoms. The van der Waals surface area contributed by atoms with Crippen molar-refractivity contribution in [3.05, 3.63) is 181 Å². The fraction of sp³-hybridized carbons (Fsp3) is 0. The van der Waals surface area contributed by atoms with Crippen molar-refractivity contribution in [1.29, 1.82) is 0 Å². The van der Waals surface area contributed by atoms with E-state index in [2.05, 4.69) is 0 Å². The zero-order chi connectivity index (χ0) is 34.1. The summed E-state index contributed by atoms with van der Waals surface area (Å²) < 4.78 is 63.7. The molecule has 7 aromatic carbocycles. The van der Waals surface area contributed by atoms with Crippen LogP contribution in [0, 0.1) is 11.6 Å². The van der Waals surface area contributed by atoms with Crippen LogP contribution in [-0.4, -0.2) is 0 Å². The fourth-order valence-electron chi connectivity index (χ4n) is 4.78. The summed E-state index contributed by atoms with van der Waals surface area (Å²) in [4.78, 5) is 0. The predicted molar refractivity (Wildman–Crippen MR) is 185 cm³/mol. The summed E-state index contributed by atoms with van der Waals surface area (Å²) in [5, 5.41) is 0. The molecule has 0 fully saturated rings. The van der Waals surface area contributed by atoms with Crippen molar-refractivity contribution in [3.63, 3.8) is 0 Å². The molecule has 0 atom stereocenters. The molecule has 8 heteroatoms. The van der Waals surface area contributed by atoms with Gasteiger partial charge < -0.3 is 28.4 Å². The Morgan fingerprint density at radius 1 is 0.220 bits per heavy atom. The molecule has 0 radical (unpaired) electrons. The third kappa shape index (κ3) is 8.00. The lowest BCUT2D eigenvalue weighted by atomic mass is 10.2. The number of para-hydroxylation sites is 6. The van der Waals surface area contributed by atoms with Crippen LogP contribution in [0.15, 0.2) is 170 Å². The monoisotopic (exact) mass is 666 g/mol. The van der Waals surface area contributed by atoms with Crippen molar-refractivity contribution in [2.75, 3.05) is 0 Å². The maximum absolute atomic E-state index is 14.0. The molecular weight excluding hydrogens is 638 g/mol. The zero-order valence-corrected chi connectivity index (χ0v) is 26.4. The summed E-state index contributed by atoms with van der Waals surface area (Å²) >= 11 is 0. The number of benzene rings is 7. The highest BCUT2D eigenvalue weighted by Crippen LogP contribution is 2.38. The van der Waals surface area contributed by atoms with Crippen molar-refractivity contribution in [1.82, 2.24) is 0 Å². The van der Waals surface area contributed by atoms with Gasteiger partial charge in [-0.3, -0.25) is 0 Å². The maximum Gasteiger partial charge on any atom is 0.169 e. The lowest BCUT2D eigenvalue weighted by Crippen LogP contribution is -1.92. The molecule has 0 aromatic heterocycles. The van der Waals surface area contributed by atoms with Gasteiger partial charge in [-0.25, -0.2) is 8.78 Å². The Balaban J connectivity index is 0.974. The Labute approximate surface area is 287 Å². The minimum Gasteiger partial charge on any atom is -0.454 e. The molecule has 0 aliphatic carbocycles. The Morgan fingerprint density at radius 3 is 0.620 bits per heavy atom. The molecule has 0 N–H and O–H groups in total. The first-order chi connectivity index (χ1) is 24.6. The van der Waals surface area contributed by atoms with E-state index in [1.54, 1.807) is 121 Å². The molecular formula is C42H28F2O6. The van der Waals surface area contributed by atoms with Crippen molar-refractivity contribution in [2.45, 2.75) is 0 Å². The van der Waals surface area contributed by atoms with E-state index >= 15 is 0 Å². The Kier molecular flexibility index (Phi) is 9.51. The molecule has 246 valence electrons. The Morgan fingerprint density at radius 2 is 0.400 bits per heavy atom. The van der Waals surface area contributed by atoms with Crippen molar-refractivity contribution in [3.8, 4) is 69.0 Å². The van der Waals surface area contributed by atoms with Gasteiger partial charge in [0.2, 0.25) is 0 Å². The molecule has 7 rings (SSSR count). The van der Waals surface area contributed by atoms with Crippen LogP contribution in [0.3, 0.4) is 0 Å². The fourth-order valence-corrected chi connectivity index (χ4v) is 4.78. The van der Waals surface area contributed by atoms with Gasteiger partial charge in [-0.15, -0.1) is 0 Å². The second-order valence-corrected chi connectivity index (χ2v) is 10.8. The van der Waals surface area contributed by atoms with Gasteiger partial charge in [0.1, 0.15) is 34.5 Å². The second kappa shape index (κ2) is 15.0. The first-order valence-corrected chi connectivity index (χ1v) is 15.6. The average Bonchev–Trinajstić information content (AvgIpc) is 3.14. The van der Waals surface area contributed by atoms with Gasteiger partial charge in [-0.05, 0) is 121 Å². The van der Waals surface area contributed by atoms with Gasteiger partial charge in [0, 0.05) is 0 Å². The summed E-state index contributed by atoms with van der Waals surface area (Å²) in [5.41, 5.74) is 0. The first-order valence-electron chi connectivity index (χ1n) is 15.6. The van der Waals surface area contributed by atoms with Crippen molar-refractivity contribution >= 4 is 0 Å². The minimum absolute atomic E-state index is 0.144. The van der Waals surface area contributed by atoms with E-state index in [4.69, 9.17) is 28.4 Å². The van der Waals surface area contributed by atoms with E-state index in [0.29, 0.717) is 57.5 Å². The molecule has 0 saturated carbocycles. The highest BCUT2D eigenvalue weighted by Gasteiger charge is 2.11.